The number of rotatable bonds is 17. The Balaban J connectivity index is 1.62. The normalized spacial score (nSPS) is 14.6. The van der Waals surface area contributed by atoms with Crippen LogP contribution in [0.25, 0.3) is 20.5 Å². The van der Waals surface area contributed by atoms with E-state index in [2.05, 4.69) is 11.7 Å². The highest BCUT2D eigenvalue weighted by molar-refractivity contribution is 7.22. The third kappa shape index (κ3) is 12.0. The SMILES string of the molecule is CCCCCc1ccc(-c2cc3ccc(OCC(O)CC(O)COC(=O)C(CC(C)(C)N)C(C)(C)N)cc3s2)c(OC(F)(F)F)c1. The molecule has 8 nitrogen and oxygen atoms in total. The number of ether oxygens (including phenoxy) is 3. The quantitative estimate of drug-likeness (QED) is 0.0920. The number of esters is 1. The summed E-state index contributed by atoms with van der Waals surface area (Å²) in [4.78, 5) is 13.3. The molecule has 3 rings (SSSR count). The summed E-state index contributed by atoms with van der Waals surface area (Å²) in [5, 5.41) is 21.6. The van der Waals surface area contributed by atoms with Gasteiger partial charge in [0, 0.05) is 32.6 Å². The average molecular weight is 669 g/mol. The van der Waals surface area contributed by atoms with Crippen LogP contribution >= 0.6 is 11.3 Å². The fourth-order valence-corrected chi connectivity index (χ4v) is 6.17. The molecule has 0 radical (unpaired) electrons. The van der Waals surface area contributed by atoms with E-state index < -0.39 is 41.5 Å². The minimum atomic E-state index is -4.82. The first kappa shape index (κ1) is 37.6. The number of unbranched alkanes of at least 4 members (excludes halogenated alkanes) is 2. The van der Waals surface area contributed by atoms with Gasteiger partial charge in [-0.05, 0) is 94.3 Å². The molecule has 0 aliphatic heterocycles. The number of aliphatic hydroxyl groups is 2. The van der Waals surface area contributed by atoms with Crippen molar-refractivity contribution in [2.24, 2.45) is 17.4 Å². The maximum atomic E-state index is 13.3. The summed E-state index contributed by atoms with van der Waals surface area (Å²) >= 11 is 1.30. The van der Waals surface area contributed by atoms with Crippen LogP contribution in [0.4, 0.5) is 13.2 Å². The fraction of sp³-hybridized carbons (Fsp3) is 0.559. The van der Waals surface area contributed by atoms with Crippen LogP contribution in [0.3, 0.4) is 0 Å². The second-order valence-electron chi connectivity index (χ2n) is 13.2. The predicted molar refractivity (Wildman–Crippen MR) is 175 cm³/mol. The molecule has 1 heterocycles. The first-order chi connectivity index (χ1) is 21.3. The molecule has 12 heteroatoms. The van der Waals surface area contributed by atoms with E-state index >= 15 is 0 Å². The lowest BCUT2D eigenvalue weighted by molar-refractivity contribution is -0.274. The van der Waals surface area contributed by atoms with Gasteiger partial charge in [0.2, 0.25) is 0 Å². The Morgan fingerprint density at radius 2 is 1.65 bits per heavy atom. The molecule has 1 aromatic heterocycles. The van der Waals surface area contributed by atoms with E-state index in [4.69, 9.17) is 20.9 Å². The largest absolute Gasteiger partial charge is 0.573 e. The number of hydrogen-bond acceptors (Lipinski definition) is 9. The van der Waals surface area contributed by atoms with E-state index in [1.807, 2.05) is 6.07 Å². The Hall–Kier alpha value is -2.90. The van der Waals surface area contributed by atoms with Gasteiger partial charge in [0.1, 0.15) is 24.7 Å². The summed E-state index contributed by atoms with van der Waals surface area (Å²) in [5.74, 6) is -1.04. The Labute approximate surface area is 272 Å². The minimum Gasteiger partial charge on any atom is -0.491 e. The molecule has 0 spiro atoms. The molecule has 0 amide bonds. The molecule has 0 aliphatic carbocycles. The number of alkyl halides is 3. The summed E-state index contributed by atoms with van der Waals surface area (Å²) in [5.41, 5.74) is 11.8. The third-order valence-electron chi connectivity index (χ3n) is 7.42. The number of hydrogen-bond donors (Lipinski definition) is 4. The molecule has 3 aromatic rings. The lowest BCUT2D eigenvalue weighted by atomic mass is 9.80. The van der Waals surface area contributed by atoms with Crippen molar-refractivity contribution in [2.45, 2.75) is 103 Å². The molecule has 0 fully saturated rings. The first-order valence-corrected chi connectivity index (χ1v) is 16.3. The standard InChI is InChI=1S/C34H47F3N2O6S/c1-6-7-8-9-21-10-13-26(28(14-21)45-34(35,36)37)30-15-22-11-12-25(17-29(22)46-30)43-19-23(40)16-24(41)20-44-31(42)27(33(4,5)39)18-32(2,3)38/h10-15,17,23-24,27,40-41H,6-9,16,18-20,38-39H2,1-5H3. The van der Waals surface area contributed by atoms with Gasteiger partial charge >= 0.3 is 12.3 Å². The highest BCUT2D eigenvalue weighted by Gasteiger charge is 2.37. The van der Waals surface area contributed by atoms with E-state index in [9.17, 15) is 28.2 Å². The molecular formula is C34H47F3N2O6S. The van der Waals surface area contributed by atoms with Gasteiger partial charge in [0.05, 0.1) is 18.1 Å². The number of fused-ring (bicyclic) bond motifs is 1. The van der Waals surface area contributed by atoms with Gasteiger partial charge in [-0.1, -0.05) is 25.8 Å². The third-order valence-corrected chi connectivity index (χ3v) is 8.55. The predicted octanol–water partition coefficient (Wildman–Crippen LogP) is 6.71. The van der Waals surface area contributed by atoms with Crippen molar-refractivity contribution in [1.82, 2.24) is 0 Å². The highest BCUT2D eigenvalue weighted by Crippen LogP contribution is 2.41. The van der Waals surface area contributed by atoms with Crippen molar-refractivity contribution in [3.63, 3.8) is 0 Å². The monoisotopic (exact) mass is 668 g/mol. The zero-order valence-electron chi connectivity index (χ0n) is 27.2. The fourth-order valence-electron chi connectivity index (χ4n) is 5.05. The van der Waals surface area contributed by atoms with Crippen molar-refractivity contribution in [3.05, 3.63) is 48.0 Å². The van der Waals surface area contributed by atoms with Gasteiger partial charge in [0.15, 0.2) is 0 Å². The number of aryl methyl sites for hydroxylation is 1. The van der Waals surface area contributed by atoms with Crippen LogP contribution in [-0.2, 0) is 16.0 Å². The molecule has 2 aromatic carbocycles. The van der Waals surface area contributed by atoms with Crippen LogP contribution in [0.2, 0.25) is 0 Å². The van der Waals surface area contributed by atoms with Crippen molar-refractivity contribution in [2.75, 3.05) is 13.2 Å². The van der Waals surface area contributed by atoms with E-state index in [1.54, 1.807) is 58.0 Å². The zero-order chi connectivity index (χ0) is 34.3. The Kier molecular flexibility index (Phi) is 12.9. The topological polar surface area (TPSA) is 137 Å². The molecule has 3 unspecified atom stereocenters. The molecule has 256 valence electrons. The van der Waals surface area contributed by atoms with Gasteiger partial charge < -0.3 is 35.9 Å². The summed E-state index contributed by atoms with van der Waals surface area (Å²) in [6, 6.07) is 12.0. The number of thiophene rings is 1. The zero-order valence-corrected chi connectivity index (χ0v) is 28.0. The lowest BCUT2D eigenvalue weighted by Gasteiger charge is -2.33. The van der Waals surface area contributed by atoms with Gasteiger partial charge in [-0.3, -0.25) is 4.79 Å². The van der Waals surface area contributed by atoms with Crippen molar-refractivity contribution in [3.8, 4) is 21.9 Å². The molecular weight excluding hydrogens is 621 g/mol. The van der Waals surface area contributed by atoms with E-state index in [-0.39, 0.29) is 25.4 Å². The van der Waals surface area contributed by atoms with E-state index in [1.165, 1.54) is 17.4 Å². The van der Waals surface area contributed by atoms with Gasteiger partial charge in [-0.15, -0.1) is 24.5 Å². The molecule has 0 bridgehead atoms. The smallest absolute Gasteiger partial charge is 0.491 e. The molecule has 6 N–H and O–H groups in total. The van der Waals surface area contributed by atoms with Crippen LogP contribution in [0.15, 0.2) is 42.5 Å². The lowest BCUT2D eigenvalue weighted by Crippen LogP contribution is -2.50. The van der Waals surface area contributed by atoms with Crippen molar-refractivity contribution >= 4 is 27.4 Å². The number of halogens is 3. The summed E-state index contributed by atoms with van der Waals surface area (Å²) in [6.45, 7) is 8.60. The van der Waals surface area contributed by atoms with Gasteiger partial charge in [-0.2, -0.15) is 0 Å². The number of benzene rings is 2. The van der Waals surface area contributed by atoms with Crippen LogP contribution in [0.1, 0.15) is 72.3 Å². The van der Waals surface area contributed by atoms with Crippen LogP contribution in [0, 0.1) is 5.92 Å². The van der Waals surface area contributed by atoms with Crippen LogP contribution < -0.4 is 20.9 Å². The number of aliphatic hydroxyl groups excluding tert-OH is 2. The van der Waals surface area contributed by atoms with Gasteiger partial charge in [-0.25, -0.2) is 0 Å². The second-order valence-corrected chi connectivity index (χ2v) is 14.3. The minimum absolute atomic E-state index is 0.103. The highest BCUT2D eigenvalue weighted by atomic mass is 32.1. The van der Waals surface area contributed by atoms with E-state index in [0.29, 0.717) is 29.0 Å². The van der Waals surface area contributed by atoms with Crippen molar-refractivity contribution in [1.29, 1.82) is 0 Å². The summed E-state index contributed by atoms with van der Waals surface area (Å²) in [7, 11) is 0. The molecule has 0 saturated carbocycles. The van der Waals surface area contributed by atoms with E-state index in [0.717, 1.165) is 34.9 Å². The Bertz CT molecular complexity index is 1430. The molecule has 3 atom stereocenters. The number of nitrogens with two attached hydrogens (primary N) is 2. The maximum absolute atomic E-state index is 13.3. The molecule has 46 heavy (non-hydrogen) atoms. The number of carbonyl (C=O) groups excluding carboxylic acids is 1. The summed E-state index contributed by atoms with van der Waals surface area (Å²) < 4.78 is 56.0. The summed E-state index contributed by atoms with van der Waals surface area (Å²) in [6.07, 6.45) is -3.27. The maximum Gasteiger partial charge on any atom is 0.573 e. The van der Waals surface area contributed by atoms with Crippen molar-refractivity contribution < 1.29 is 42.4 Å². The molecule has 0 aliphatic rings. The Morgan fingerprint density at radius 3 is 2.28 bits per heavy atom. The van der Waals surface area contributed by atoms with Crippen LogP contribution in [0.5, 0.6) is 11.5 Å². The first-order valence-electron chi connectivity index (χ1n) is 15.5. The number of carbonyl (C=O) groups is 1. The average Bonchev–Trinajstić information content (AvgIpc) is 3.35. The second kappa shape index (κ2) is 15.8. The molecule has 0 saturated heterocycles. The van der Waals surface area contributed by atoms with Gasteiger partial charge in [0.25, 0.3) is 0 Å². The Morgan fingerprint density at radius 1 is 0.957 bits per heavy atom. The van der Waals surface area contributed by atoms with Crippen LogP contribution in [-0.4, -0.2) is 59.0 Å².